The van der Waals surface area contributed by atoms with E-state index in [9.17, 15) is 22.2 Å². The molecule has 3 aromatic rings. The second kappa shape index (κ2) is 8.21. The number of carbonyl (C=O) groups excluding carboxylic acids is 1. The number of urea groups is 1. The predicted octanol–water partition coefficient (Wildman–Crippen LogP) is 2.69. The topological polar surface area (TPSA) is 97.1 Å². The van der Waals surface area contributed by atoms with Crippen LogP contribution in [0.1, 0.15) is 12.6 Å². The van der Waals surface area contributed by atoms with Gasteiger partial charge in [0.05, 0.1) is 15.7 Å². The monoisotopic (exact) mass is 455 g/mol. The maximum Gasteiger partial charge on any atom is 0.435 e. The van der Waals surface area contributed by atoms with E-state index in [0.29, 0.717) is 10.6 Å². The maximum absolute atomic E-state index is 13.0. The number of carbonyl (C=O) groups is 1. The summed E-state index contributed by atoms with van der Waals surface area (Å²) in [5.74, 6) is 0.718. The minimum atomic E-state index is -4.67. The summed E-state index contributed by atoms with van der Waals surface area (Å²) in [4.78, 5) is 24.1. The molecule has 9 nitrogen and oxygen atoms in total. The number of pyridine rings is 1. The molecule has 2 amide bonds. The van der Waals surface area contributed by atoms with E-state index in [1.807, 2.05) is 0 Å². The number of aryl methyl sites for hydroxylation is 1. The van der Waals surface area contributed by atoms with Crippen LogP contribution in [0.4, 0.5) is 23.8 Å². The van der Waals surface area contributed by atoms with Crippen molar-refractivity contribution < 1.29 is 22.2 Å². The van der Waals surface area contributed by atoms with E-state index in [0.717, 1.165) is 6.07 Å². The summed E-state index contributed by atoms with van der Waals surface area (Å²) in [7, 11) is 4.81. The molecule has 0 radical (unpaired) electrons. The van der Waals surface area contributed by atoms with Crippen molar-refractivity contribution in [3.8, 4) is 11.5 Å². The molecule has 0 fully saturated rings. The normalized spacial score (nSPS) is 12.8. The highest BCUT2D eigenvalue weighted by Crippen LogP contribution is 2.32. The van der Waals surface area contributed by atoms with Crippen molar-refractivity contribution in [2.24, 2.45) is 7.05 Å². The van der Waals surface area contributed by atoms with Crippen LogP contribution in [0.3, 0.4) is 0 Å². The minimum Gasteiger partial charge on any atom is -0.330 e. The third-order valence-corrected chi connectivity index (χ3v) is 5.83. The summed E-state index contributed by atoms with van der Waals surface area (Å²) in [5.41, 5.74) is -0.899. The molecule has 1 atom stereocenters. The van der Waals surface area contributed by atoms with E-state index in [1.54, 1.807) is 40.2 Å². The number of aromatic nitrogens is 5. The first kappa shape index (κ1) is 22.6. The summed E-state index contributed by atoms with van der Waals surface area (Å²) in [6.45, 7) is 1.73. The Bertz CT molecular complexity index is 1180. The van der Waals surface area contributed by atoms with E-state index >= 15 is 0 Å². The number of halogens is 3. The number of fused-ring (bicyclic) bond motifs is 1. The number of hydrogen-bond donors (Lipinski definition) is 0. The van der Waals surface area contributed by atoms with Crippen LogP contribution < -0.4 is 4.90 Å². The molecule has 0 aliphatic carbocycles. The first-order chi connectivity index (χ1) is 14.5. The van der Waals surface area contributed by atoms with Crippen molar-refractivity contribution in [2.45, 2.75) is 18.0 Å². The fourth-order valence-electron chi connectivity index (χ4n) is 2.86. The Morgan fingerprint density at radius 1 is 1.16 bits per heavy atom. The summed E-state index contributed by atoms with van der Waals surface area (Å²) < 4.78 is 53.1. The van der Waals surface area contributed by atoms with Gasteiger partial charge in [0, 0.05) is 40.0 Å². The maximum atomic E-state index is 13.0. The fourth-order valence-corrected chi connectivity index (χ4v) is 3.74. The minimum absolute atomic E-state index is 0.0296. The fraction of sp³-hybridized carbons (Fsp3) is 0.389. The molecule has 13 heteroatoms. The molecule has 0 aliphatic rings. The molecule has 0 aromatic carbocycles. The highest BCUT2D eigenvalue weighted by Gasteiger charge is 2.34. The average Bonchev–Trinajstić information content (AvgIpc) is 3.06. The quantitative estimate of drug-likeness (QED) is 0.600. The predicted molar refractivity (Wildman–Crippen MR) is 109 cm³/mol. The zero-order valence-corrected chi connectivity index (χ0v) is 18.2. The van der Waals surface area contributed by atoms with Crippen LogP contribution in [-0.4, -0.2) is 66.8 Å². The van der Waals surface area contributed by atoms with Gasteiger partial charge in [-0.1, -0.05) is 6.92 Å². The van der Waals surface area contributed by atoms with Gasteiger partial charge in [0.15, 0.2) is 17.2 Å². The Labute approximate surface area is 178 Å². The smallest absolute Gasteiger partial charge is 0.330 e. The Morgan fingerprint density at radius 2 is 1.84 bits per heavy atom. The summed E-state index contributed by atoms with van der Waals surface area (Å²) in [5, 5.41) is 6.89. The van der Waals surface area contributed by atoms with E-state index < -0.39 is 22.7 Å². The van der Waals surface area contributed by atoms with Crippen LogP contribution >= 0.6 is 0 Å². The highest BCUT2D eigenvalue weighted by molar-refractivity contribution is 7.85. The lowest BCUT2D eigenvalue weighted by molar-refractivity contribution is -0.141. The van der Waals surface area contributed by atoms with Crippen molar-refractivity contribution in [1.29, 1.82) is 0 Å². The van der Waals surface area contributed by atoms with Crippen molar-refractivity contribution >= 4 is 33.8 Å². The number of rotatable bonds is 4. The molecular formula is C18H20F3N7O2S. The second-order valence-electron chi connectivity index (χ2n) is 6.82. The van der Waals surface area contributed by atoms with Gasteiger partial charge in [0.25, 0.3) is 0 Å². The molecule has 0 aliphatic heterocycles. The third kappa shape index (κ3) is 4.22. The van der Waals surface area contributed by atoms with Crippen LogP contribution in [0.15, 0.2) is 23.1 Å². The summed E-state index contributed by atoms with van der Waals surface area (Å²) >= 11 is 0. The Kier molecular flexibility index (Phi) is 5.98. The number of anilines is 1. The van der Waals surface area contributed by atoms with Crippen molar-refractivity contribution in [2.75, 3.05) is 31.8 Å². The molecular weight excluding hydrogens is 435 g/mol. The Balaban J connectivity index is 2.23. The number of nitrogens with zero attached hydrogens (tertiary/aromatic N) is 7. The van der Waals surface area contributed by atoms with Gasteiger partial charge in [0.2, 0.25) is 0 Å². The SMILES string of the molecule is CCS(=O)c1ccc(N(C)C(=O)N(C)C)nc1-c1nc2cc(C(F)(F)F)nnc2n1C. The summed E-state index contributed by atoms with van der Waals surface area (Å²) in [6.07, 6.45) is -4.67. The second-order valence-corrected chi connectivity index (χ2v) is 8.53. The van der Waals surface area contributed by atoms with Crippen molar-refractivity contribution in [3.63, 3.8) is 0 Å². The molecule has 1 unspecified atom stereocenters. The van der Waals surface area contributed by atoms with E-state index in [2.05, 4.69) is 20.2 Å². The number of hydrogen-bond acceptors (Lipinski definition) is 6. The van der Waals surface area contributed by atoms with Gasteiger partial charge in [-0.15, -0.1) is 10.2 Å². The Morgan fingerprint density at radius 3 is 2.42 bits per heavy atom. The molecule has 0 spiro atoms. The van der Waals surface area contributed by atoms with Gasteiger partial charge in [-0.3, -0.25) is 9.11 Å². The molecule has 0 saturated carbocycles. The Hall–Kier alpha value is -3.09. The van der Waals surface area contributed by atoms with Crippen molar-refractivity contribution in [3.05, 3.63) is 23.9 Å². The molecule has 3 rings (SSSR count). The first-order valence-electron chi connectivity index (χ1n) is 9.07. The van der Waals surface area contributed by atoms with Gasteiger partial charge in [0.1, 0.15) is 17.0 Å². The molecule has 0 saturated heterocycles. The zero-order chi connectivity index (χ0) is 23.1. The molecule has 0 N–H and O–H groups in total. The highest BCUT2D eigenvalue weighted by atomic mass is 32.2. The van der Waals surface area contributed by atoms with E-state index in [4.69, 9.17) is 0 Å². The van der Waals surface area contributed by atoms with Crippen LogP contribution in [0.2, 0.25) is 0 Å². The third-order valence-electron chi connectivity index (χ3n) is 4.48. The lowest BCUT2D eigenvalue weighted by Crippen LogP contribution is -2.36. The number of amides is 2. The van der Waals surface area contributed by atoms with Gasteiger partial charge < -0.3 is 9.47 Å². The average molecular weight is 455 g/mol. The zero-order valence-electron chi connectivity index (χ0n) is 17.4. The molecule has 3 aromatic heterocycles. The molecule has 31 heavy (non-hydrogen) atoms. The lowest BCUT2D eigenvalue weighted by atomic mass is 10.3. The van der Waals surface area contributed by atoms with Crippen molar-refractivity contribution in [1.82, 2.24) is 29.6 Å². The molecule has 0 bridgehead atoms. The standard InChI is InChI=1S/C18H20F3N7O2S/c1-6-31(30)11-7-8-13(27(4)17(29)26(2)3)23-14(11)16-22-10-9-12(18(19,20)21)24-25-15(10)28(16)5/h7-9H,6H2,1-5H3. The van der Waals surface area contributed by atoms with Crippen LogP contribution in [0.25, 0.3) is 22.7 Å². The van der Waals surface area contributed by atoms with Crippen LogP contribution in [0, 0.1) is 0 Å². The molecule has 166 valence electrons. The van der Waals surface area contributed by atoms with Crippen LogP contribution in [0.5, 0.6) is 0 Å². The van der Waals surface area contributed by atoms with E-state index in [-0.39, 0.29) is 34.5 Å². The van der Waals surface area contributed by atoms with Gasteiger partial charge in [-0.05, 0) is 12.1 Å². The number of alkyl halides is 3. The van der Waals surface area contributed by atoms with Crippen LogP contribution in [-0.2, 0) is 24.0 Å². The van der Waals surface area contributed by atoms with Gasteiger partial charge in [-0.25, -0.2) is 14.8 Å². The lowest BCUT2D eigenvalue weighted by Gasteiger charge is -2.22. The molecule has 3 heterocycles. The first-order valence-corrected chi connectivity index (χ1v) is 10.4. The summed E-state index contributed by atoms with van der Waals surface area (Å²) in [6, 6.07) is 3.59. The van der Waals surface area contributed by atoms with E-state index in [1.165, 1.54) is 21.4 Å². The van der Waals surface area contributed by atoms with Gasteiger partial charge in [-0.2, -0.15) is 13.2 Å². The van der Waals surface area contributed by atoms with Gasteiger partial charge >= 0.3 is 12.2 Å². The largest absolute Gasteiger partial charge is 0.435 e. The number of imidazole rings is 1.